The molecule has 1 fully saturated rings. The summed E-state index contributed by atoms with van der Waals surface area (Å²) in [5.41, 5.74) is 1.60. The molecule has 0 atom stereocenters. The van der Waals surface area contributed by atoms with Crippen molar-refractivity contribution in [2.45, 2.75) is 0 Å². The van der Waals surface area contributed by atoms with Crippen LogP contribution < -0.4 is 9.64 Å². The summed E-state index contributed by atoms with van der Waals surface area (Å²) in [7, 11) is 1.57. The van der Waals surface area contributed by atoms with Crippen molar-refractivity contribution in [2.24, 2.45) is 0 Å². The lowest BCUT2D eigenvalue weighted by Crippen LogP contribution is -2.49. The standard InChI is InChI=1S/C23H21N5O3S/c1-30-19-15-24-14-18(25-19)27-9-11-28(12-10-27)23(29)21-20(16-6-3-2-4-7-16)26-22(32-21)17-8-5-13-31-17/h2-8,13-15H,9-12H2,1H3. The minimum Gasteiger partial charge on any atom is -0.480 e. The highest BCUT2D eigenvalue weighted by Crippen LogP contribution is 2.35. The molecule has 0 unspecified atom stereocenters. The Bertz CT molecular complexity index is 1200. The SMILES string of the molecule is COc1cncc(N2CCN(C(=O)c3sc(-c4ccco4)nc3-c3ccccc3)CC2)n1. The Labute approximate surface area is 189 Å². The van der Waals surface area contributed by atoms with Crippen molar-refractivity contribution in [3.8, 4) is 27.9 Å². The van der Waals surface area contributed by atoms with Crippen molar-refractivity contribution in [2.75, 3.05) is 38.2 Å². The van der Waals surface area contributed by atoms with Gasteiger partial charge in [0.15, 0.2) is 16.6 Å². The quantitative estimate of drug-likeness (QED) is 0.460. The largest absolute Gasteiger partial charge is 0.480 e. The predicted octanol–water partition coefficient (Wildman–Crippen LogP) is 3.83. The molecule has 1 aliphatic rings. The summed E-state index contributed by atoms with van der Waals surface area (Å²) in [6.45, 7) is 2.50. The molecular formula is C23H21N5O3S. The maximum Gasteiger partial charge on any atom is 0.266 e. The average Bonchev–Trinajstić information content (AvgIpc) is 3.55. The van der Waals surface area contributed by atoms with Crippen molar-refractivity contribution in [1.29, 1.82) is 0 Å². The first-order valence-electron chi connectivity index (χ1n) is 10.2. The fraction of sp³-hybridized carbons (Fsp3) is 0.217. The van der Waals surface area contributed by atoms with E-state index in [1.165, 1.54) is 11.3 Å². The van der Waals surface area contributed by atoms with Gasteiger partial charge in [0.25, 0.3) is 5.91 Å². The number of thiazole rings is 1. The second kappa shape index (κ2) is 8.80. The molecule has 162 valence electrons. The molecule has 5 rings (SSSR count). The molecule has 8 nitrogen and oxygen atoms in total. The van der Waals surface area contributed by atoms with E-state index in [0.717, 1.165) is 11.4 Å². The van der Waals surface area contributed by atoms with Crippen molar-refractivity contribution < 1.29 is 13.9 Å². The van der Waals surface area contributed by atoms with Crippen LogP contribution in [0, 0.1) is 0 Å². The number of carbonyl (C=O) groups excluding carboxylic acids is 1. The summed E-state index contributed by atoms with van der Waals surface area (Å²) in [4.78, 5) is 31.5. The molecule has 1 aliphatic heterocycles. The number of methoxy groups -OCH3 is 1. The molecule has 0 spiro atoms. The maximum atomic E-state index is 13.5. The Kier molecular flexibility index (Phi) is 5.55. The van der Waals surface area contributed by atoms with E-state index in [4.69, 9.17) is 14.1 Å². The zero-order chi connectivity index (χ0) is 21.9. The molecular weight excluding hydrogens is 426 g/mol. The second-order valence-corrected chi connectivity index (χ2v) is 8.24. The van der Waals surface area contributed by atoms with Crippen molar-refractivity contribution in [1.82, 2.24) is 19.9 Å². The van der Waals surface area contributed by atoms with Crippen molar-refractivity contribution in [3.63, 3.8) is 0 Å². The molecule has 0 bridgehead atoms. The molecule has 0 N–H and O–H groups in total. The van der Waals surface area contributed by atoms with Crippen LogP contribution in [0.4, 0.5) is 5.82 Å². The first-order chi connectivity index (χ1) is 15.7. The first-order valence-corrected chi connectivity index (χ1v) is 11.0. The van der Waals surface area contributed by atoms with E-state index in [0.29, 0.717) is 53.4 Å². The van der Waals surface area contributed by atoms with Gasteiger partial charge in [0.05, 0.1) is 31.5 Å². The lowest BCUT2D eigenvalue weighted by molar-refractivity contribution is 0.0752. The van der Waals surface area contributed by atoms with Gasteiger partial charge in [-0.2, -0.15) is 4.98 Å². The van der Waals surface area contributed by atoms with Crippen LogP contribution in [0.25, 0.3) is 22.0 Å². The van der Waals surface area contributed by atoms with Gasteiger partial charge in [-0.1, -0.05) is 30.3 Å². The smallest absolute Gasteiger partial charge is 0.266 e. The zero-order valence-electron chi connectivity index (χ0n) is 17.5. The first kappa shape index (κ1) is 20.2. The number of rotatable bonds is 5. The molecule has 4 aromatic rings. The van der Waals surface area contributed by atoms with Crippen LogP contribution >= 0.6 is 11.3 Å². The Morgan fingerprint density at radius 2 is 1.84 bits per heavy atom. The predicted molar refractivity (Wildman–Crippen MR) is 122 cm³/mol. The van der Waals surface area contributed by atoms with E-state index in [2.05, 4.69) is 14.9 Å². The van der Waals surface area contributed by atoms with Gasteiger partial charge in [-0.05, 0) is 12.1 Å². The molecule has 4 heterocycles. The topological polar surface area (TPSA) is 84.6 Å². The van der Waals surface area contributed by atoms with Crippen LogP contribution in [-0.2, 0) is 0 Å². The molecule has 3 aromatic heterocycles. The number of nitrogens with zero attached hydrogens (tertiary/aromatic N) is 5. The highest BCUT2D eigenvalue weighted by molar-refractivity contribution is 7.17. The number of piperazine rings is 1. The van der Waals surface area contributed by atoms with Crippen LogP contribution in [0.1, 0.15) is 9.67 Å². The van der Waals surface area contributed by atoms with Crippen LogP contribution in [0.5, 0.6) is 5.88 Å². The van der Waals surface area contributed by atoms with Crippen LogP contribution in [0.15, 0.2) is 65.5 Å². The molecule has 0 radical (unpaired) electrons. The Morgan fingerprint density at radius 3 is 2.56 bits per heavy atom. The minimum absolute atomic E-state index is 0.0180. The number of carbonyl (C=O) groups is 1. The number of hydrogen-bond donors (Lipinski definition) is 0. The van der Waals surface area contributed by atoms with Crippen molar-refractivity contribution >= 4 is 23.1 Å². The van der Waals surface area contributed by atoms with Gasteiger partial charge < -0.3 is 19.0 Å². The third-order valence-corrected chi connectivity index (χ3v) is 6.36. The van der Waals surface area contributed by atoms with E-state index in [-0.39, 0.29) is 5.91 Å². The number of furan rings is 1. The highest BCUT2D eigenvalue weighted by atomic mass is 32.1. The van der Waals surface area contributed by atoms with Gasteiger partial charge >= 0.3 is 0 Å². The number of amides is 1. The molecule has 1 saturated heterocycles. The molecule has 9 heteroatoms. The molecule has 0 saturated carbocycles. The number of aromatic nitrogens is 3. The van der Waals surface area contributed by atoms with E-state index in [1.807, 2.05) is 47.4 Å². The van der Waals surface area contributed by atoms with Gasteiger partial charge in [-0.25, -0.2) is 4.98 Å². The fourth-order valence-electron chi connectivity index (χ4n) is 3.63. The number of benzene rings is 1. The number of anilines is 1. The van der Waals surface area contributed by atoms with Gasteiger partial charge in [0, 0.05) is 31.7 Å². The lowest BCUT2D eigenvalue weighted by Gasteiger charge is -2.35. The average molecular weight is 448 g/mol. The Morgan fingerprint density at radius 1 is 1.03 bits per heavy atom. The second-order valence-electron chi connectivity index (χ2n) is 7.24. The Hall–Kier alpha value is -3.72. The van der Waals surface area contributed by atoms with Crippen LogP contribution in [0.2, 0.25) is 0 Å². The van der Waals surface area contributed by atoms with Gasteiger partial charge in [-0.3, -0.25) is 9.78 Å². The van der Waals surface area contributed by atoms with Gasteiger partial charge in [-0.15, -0.1) is 11.3 Å². The summed E-state index contributed by atoms with van der Waals surface area (Å²) in [6, 6.07) is 13.5. The molecule has 32 heavy (non-hydrogen) atoms. The maximum absolute atomic E-state index is 13.5. The van der Waals surface area contributed by atoms with Gasteiger partial charge in [0.2, 0.25) is 5.88 Å². The monoisotopic (exact) mass is 447 g/mol. The van der Waals surface area contributed by atoms with Crippen LogP contribution in [0.3, 0.4) is 0 Å². The normalized spacial score (nSPS) is 13.9. The van der Waals surface area contributed by atoms with Gasteiger partial charge in [0.1, 0.15) is 4.88 Å². The molecule has 0 aliphatic carbocycles. The number of ether oxygens (including phenoxy) is 1. The lowest BCUT2D eigenvalue weighted by atomic mass is 10.1. The van der Waals surface area contributed by atoms with Crippen LogP contribution in [-0.4, -0.2) is 59.0 Å². The van der Waals surface area contributed by atoms with E-state index < -0.39 is 0 Å². The third kappa shape index (κ3) is 3.94. The Balaban J connectivity index is 1.38. The summed E-state index contributed by atoms with van der Waals surface area (Å²) in [5, 5.41) is 0.697. The third-order valence-electron chi connectivity index (χ3n) is 5.30. The van der Waals surface area contributed by atoms with E-state index in [1.54, 1.807) is 25.8 Å². The summed E-state index contributed by atoms with van der Waals surface area (Å²) in [6.07, 6.45) is 4.90. The summed E-state index contributed by atoms with van der Waals surface area (Å²) < 4.78 is 10.7. The minimum atomic E-state index is -0.0180. The summed E-state index contributed by atoms with van der Waals surface area (Å²) >= 11 is 1.37. The number of hydrogen-bond acceptors (Lipinski definition) is 8. The summed E-state index contributed by atoms with van der Waals surface area (Å²) in [5.74, 6) is 1.87. The van der Waals surface area contributed by atoms with E-state index in [9.17, 15) is 4.79 Å². The molecule has 1 amide bonds. The van der Waals surface area contributed by atoms with Crippen molar-refractivity contribution in [3.05, 3.63) is 66.0 Å². The zero-order valence-corrected chi connectivity index (χ0v) is 18.3. The molecule has 1 aromatic carbocycles. The highest BCUT2D eigenvalue weighted by Gasteiger charge is 2.28. The van der Waals surface area contributed by atoms with E-state index >= 15 is 0 Å². The fourth-order valence-corrected chi connectivity index (χ4v) is 4.66.